The van der Waals surface area contributed by atoms with Crippen molar-refractivity contribution in [3.63, 3.8) is 0 Å². The molecule has 1 aliphatic rings. The summed E-state index contributed by atoms with van der Waals surface area (Å²) in [5.41, 5.74) is 2.32. The van der Waals surface area contributed by atoms with Crippen LogP contribution in [0.3, 0.4) is 0 Å². The maximum absolute atomic E-state index is 11.3. The largest absolute Gasteiger partial charge is 0.478 e. The molecule has 1 saturated heterocycles. The Morgan fingerprint density at radius 1 is 1.40 bits per heavy atom. The van der Waals surface area contributed by atoms with E-state index in [-0.39, 0.29) is 0 Å². The number of aromatic nitrogens is 1. The second kappa shape index (κ2) is 5.79. The average molecular weight is 356 g/mol. The van der Waals surface area contributed by atoms with Crippen molar-refractivity contribution in [3.05, 3.63) is 27.2 Å². The number of carboxylic acid groups (broad SMARTS) is 1. The van der Waals surface area contributed by atoms with Gasteiger partial charge < -0.3 is 9.84 Å². The molecule has 1 aromatic heterocycles. The van der Waals surface area contributed by atoms with Gasteiger partial charge in [0.25, 0.3) is 0 Å². The summed E-state index contributed by atoms with van der Waals surface area (Å²) in [5, 5.41) is 9.28. The van der Waals surface area contributed by atoms with E-state index in [0.717, 1.165) is 52.2 Å². The van der Waals surface area contributed by atoms with Gasteiger partial charge in [-0.05, 0) is 58.8 Å². The first kappa shape index (κ1) is 14.0. The zero-order chi connectivity index (χ0) is 14.1. The van der Waals surface area contributed by atoms with E-state index in [1.165, 1.54) is 11.3 Å². The minimum absolute atomic E-state index is 0.327. The Kier molecular flexibility index (Phi) is 4.05. The fourth-order valence-corrected chi connectivity index (χ4v) is 4.14. The number of hydrogen-bond donors (Lipinski definition) is 1. The van der Waals surface area contributed by atoms with Crippen LogP contribution in [0.5, 0.6) is 0 Å². The highest BCUT2D eigenvalue weighted by molar-refractivity contribution is 9.11. The van der Waals surface area contributed by atoms with Gasteiger partial charge in [-0.15, -0.1) is 11.3 Å². The lowest BCUT2D eigenvalue weighted by Crippen LogP contribution is -2.04. The van der Waals surface area contributed by atoms with E-state index < -0.39 is 5.97 Å². The predicted molar refractivity (Wildman–Crippen MR) is 81.7 cm³/mol. The second-order valence-corrected chi connectivity index (χ2v) is 7.23. The Hall–Kier alpha value is -0.980. The van der Waals surface area contributed by atoms with Gasteiger partial charge in [-0.1, -0.05) is 0 Å². The number of rotatable bonds is 2. The summed E-state index contributed by atoms with van der Waals surface area (Å²) in [6.07, 6.45) is 2.95. The van der Waals surface area contributed by atoms with Crippen LogP contribution in [0.25, 0.3) is 10.2 Å². The molecule has 0 aliphatic carbocycles. The molecular formula is C14H14BrNO3S. The van der Waals surface area contributed by atoms with E-state index in [2.05, 4.69) is 20.9 Å². The first-order chi connectivity index (χ1) is 9.65. The number of benzene rings is 1. The topological polar surface area (TPSA) is 59.4 Å². The van der Waals surface area contributed by atoms with Crippen molar-refractivity contribution in [1.82, 2.24) is 4.98 Å². The Labute approximate surface area is 128 Å². The third-order valence-corrected chi connectivity index (χ3v) is 5.09. The third kappa shape index (κ3) is 2.73. The van der Waals surface area contributed by atoms with Gasteiger partial charge in [-0.25, -0.2) is 9.78 Å². The Bertz CT molecular complexity index is 647. The molecule has 1 unspecified atom stereocenters. The van der Waals surface area contributed by atoms with Crippen LogP contribution in [-0.2, 0) is 4.74 Å². The van der Waals surface area contributed by atoms with Gasteiger partial charge in [0.05, 0.1) is 15.8 Å². The molecule has 1 N–H and O–H groups in total. The van der Waals surface area contributed by atoms with E-state index in [1.54, 1.807) is 12.1 Å². The van der Waals surface area contributed by atoms with Gasteiger partial charge in [0.2, 0.25) is 0 Å². The van der Waals surface area contributed by atoms with Gasteiger partial charge in [-0.2, -0.15) is 0 Å². The third-order valence-electron chi connectivity index (χ3n) is 3.64. The van der Waals surface area contributed by atoms with E-state index >= 15 is 0 Å². The molecule has 6 heteroatoms. The number of fused-ring (bicyclic) bond motifs is 1. The Morgan fingerprint density at radius 3 is 3.05 bits per heavy atom. The van der Waals surface area contributed by atoms with Crippen molar-refractivity contribution >= 4 is 43.5 Å². The molecule has 0 bridgehead atoms. The van der Waals surface area contributed by atoms with Crippen LogP contribution in [0.1, 0.15) is 41.1 Å². The number of ether oxygens (including phenoxy) is 1. The molecule has 0 radical (unpaired) electrons. The summed E-state index contributed by atoms with van der Waals surface area (Å²) >= 11 is 4.87. The fraction of sp³-hybridized carbons (Fsp3) is 0.429. The molecule has 20 heavy (non-hydrogen) atoms. The highest BCUT2D eigenvalue weighted by Crippen LogP contribution is 2.36. The zero-order valence-electron chi connectivity index (χ0n) is 10.8. The van der Waals surface area contributed by atoms with Crippen LogP contribution in [-0.4, -0.2) is 29.3 Å². The first-order valence-electron chi connectivity index (χ1n) is 6.56. The molecule has 0 saturated carbocycles. The molecule has 2 aromatic rings. The number of thiazole rings is 1. The zero-order valence-corrected chi connectivity index (χ0v) is 13.2. The van der Waals surface area contributed by atoms with E-state index in [9.17, 15) is 9.90 Å². The monoisotopic (exact) mass is 355 g/mol. The van der Waals surface area contributed by atoms with E-state index in [4.69, 9.17) is 4.74 Å². The normalized spacial score (nSPS) is 19.9. The molecule has 2 heterocycles. The second-order valence-electron chi connectivity index (χ2n) is 4.92. The molecule has 3 rings (SSSR count). The van der Waals surface area contributed by atoms with Crippen molar-refractivity contribution in [1.29, 1.82) is 0 Å². The van der Waals surface area contributed by atoms with E-state index in [1.807, 2.05) is 0 Å². The van der Waals surface area contributed by atoms with E-state index in [0.29, 0.717) is 11.5 Å². The van der Waals surface area contributed by atoms with Crippen LogP contribution in [0.4, 0.5) is 0 Å². The lowest BCUT2D eigenvalue weighted by molar-refractivity contribution is 0.0697. The molecule has 1 aromatic carbocycles. The van der Waals surface area contributed by atoms with Gasteiger partial charge in [0, 0.05) is 13.2 Å². The molecule has 1 aliphatic heterocycles. The predicted octanol–water partition coefficient (Wildman–Crippen LogP) is 4.04. The highest BCUT2D eigenvalue weighted by atomic mass is 79.9. The number of hydrogen-bond acceptors (Lipinski definition) is 4. The molecule has 106 valence electrons. The number of halogens is 1. The number of nitrogens with zero attached hydrogens (tertiary/aromatic N) is 1. The minimum Gasteiger partial charge on any atom is -0.478 e. The minimum atomic E-state index is -0.887. The summed E-state index contributed by atoms with van der Waals surface area (Å²) in [6, 6.07) is 3.49. The smallest absolute Gasteiger partial charge is 0.335 e. The molecular weight excluding hydrogens is 342 g/mol. The lowest BCUT2D eigenvalue weighted by atomic mass is 9.90. The van der Waals surface area contributed by atoms with Crippen molar-refractivity contribution in [3.8, 4) is 0 Å². The summed E-state index contributed by atoms with van der Waals surface area (Å²) in [4.78, 5) is 15.8. The maximum Gasteiger partial charge on any atom is 0.335 e. The highest BCUT2D eigenvalue weighted by Gasteiger charge is 2.21. The van der Waals surface area contributed by atoms with Crippen LogP contribution < -0.4 is 0 Å². The standard InChI is InChI=1S/C14H14BrNO3S/c15-14-16-12-10(8-2-1-4-19-5-3-8)6-9(13(17)18)7-11(12)20-14/h6-8H,1-5H2,(H,17,18). The van der Waals surface area contributed by atoms with Crippen molar-refractivity contribution in [2.24, 2.45) is 0 Å². The number of carbonyl (C=O) groups is 1. The van der Waals surface area contributed by atoms with Crippen molar-refractivity contribution in [2.75, 3.05) is 13.2 Å². The summed E-state index contributed by atoms with van der Waals surface area (Å²) in [6.45, 7) is 1.52. The van der Waals surface area contributed by atoms with Gasteiger partial charge in [-0.3, -0.25) is 0 Å². The van der Waals surface area contributed by atoms with Gasteiger partial charge in [0.1, 0.15) is 0 Å². The molecule has 4 nitrogen and oxygen atoms in total. The molecule has 0 spiro atoms. The van der Waals surface area contributed by atoms with Crippen LogP contribution in [0.2, 0.25) is 0 Å². The Balaban J connectivity index is 2.12. The van der Waals surface area contributed by atoms with Crippen LogP contribution in [0, 0.1) is 0 Å². The quantitative estimate of drug-likeness (QED) is 0.882. The first-order valence-corrected chi connectivity index (χ1v) is 8.17. The summed E-state index contributed by atoms with van der Waals surface area (Å²) < 4.78 is 7.22. The SMILES string of the molecule is O=C(O)c1cc(C2CCCOCC2)c2nc(Br)sc2c1. The fourth-order valence-electron chi connectivity index (χ4n) is 2.68. The number of carboxylic acids is 1. The molecule has 0 amide bonds. The lowest BCUT2D eigenvalue weighted by Gasteiger charge is -2.15. The van der Waals surface area contributed by atoms with Gasteiger partial charge >= 0.3 is 5.97 Å². The van der Waals surface area contributed by atoms with Crippen molar-refractivity contribution in [2.45, 2.75) is 25.2 Å². The number of aromatic carboxylic acids is 1. The maximum atomic E-state index is 11.3. The van der Waals surface area contributed by atoms with Crippen molar-refractivity contribution < 1.29 is 14.6 Å². The van der Waals surface area contributed by atoms with Crippen LogP contribution >= 0.6 is 27.3 Å². The summed E-state index contributed by atoms with van der Waals surface area (Å²) in [7, 11) is 0. The van der Waals surface area contributed by atoms with Crippen LogP contribution in [0.15, 0.2) is 16.0 Å². The molecule has 1 atom stereocenters. The summed E-state index contributed by atoms with van der Waals surface area (Å²) in [5.74, 6) is -0.559. The molecule has 1 fully saturated rings. The Morgan fingerprint density at radius 2 is 2.25 bits per heavy atom. The van der Waals surface area contributed by atoms with Gasteiger partial charge in [0.15, 0.2) is 3.92 Å². The average Bonchev–Trinajstić information content (AvgIpc) is 2.63.